The lowest BCUT2D eigenvalue weighted by molar-refractivity contribution is 0.467. The first-order chi connectivity index (χ1) is 9.51. The number of hydrogen-bond acceptors (Lipinski definition) is 3. The standard InChI is InChI=1S/C15H12ClFN2O/c1-9-2-5-15(20)11(6-9)14(8-18)19-10-3-4-13(17)12(16)7-10/h2-7,14,19-20H,1H3. The van der Waals surface area contributed by atoms with Crippen molar-refractivity contribution in [2.45, 2.75) is 13.0 Å². The molecule has 102 valence electrons. The minimum absolute atomic E-state index is 0.0276. The topological polar surface area (TPSA) is 56.0 Å². The average Bonchev–Trinajstić information content (AvgIpc) is 2.43. The van der Waals surface area contributed by atoms with Crippen molar-refractivity contribution < 1.29 is 9.50 Å². The van der Waals surface area contributed by atoms with E-state index in [9.17, 15) is 14.8 Å². The number of phenolic OH excluding ortho intramolecular Hbond substituents is 1. The van der Waals surface area contributed by atoms with Gasteiger partial charge in [-0.1, -0.05) is 23.2 Å². The van der Waals surface area contributed by atoms with Crippen molar-refractivity contribution in [3.63, 3.8) is 0 Å². The van der Waals surface area contributed by atoms with Crippen molar-refractivity contribution in [3.05, 3.63) is 58.4 Å². The molecule has 0 aliphatic heterocycles. The van der Waals surface area contributed by atoms with E-state index < -0.39 is 11.9 Å². The van der Waals surface area contributed by atoms with E-state index in [-0.39, 0.29) is 10.8 Å². The number of anilines is 1. The van der Waals surface area contributed by atoms with Gasteiger partial charge in [0.15, 0.2) is 0 Å². The summed E-state index contributed by atoms with van der Waals surface area (Å²) in [7, 11) is 0. The van der Waals surface area contributed by atoms with Gasteiger partial charge < -0.3 is 10.4 Å². The summed E-state index contributed by atoms with van der Waals surface area (Å²) >= 11 is 5.70. The molecule has 0 heterocycles. The zero-order valence-corrected chi connectivity index (χ0v) is 11.4. The first-order valence-electron chi connectivity index (χ1n) is 5.92. The highest BCUT2D eigenvalue weighted by atomic mass is 35.5. The van der Waals surface area contributed by atoms with Gasteiger partial charge in [-0.3, -0.25) is 0 Å². The van der Waals surface area contributed by atoms with Crippen LogP contribution in [0.5, 0.6) is 5.75 Å². The molecule has 0 fully saturated rings. The zero-order chi connectivity index (χ0) is 14.7. The number of halogens is 2. The highest BCUT2D eigenvalue weighted by Gasteiger charge is 2.15. The summed E-state index contributed by atoms with van der Waals surface area (Å²) in [6, 6.07) is 10.4. The number of rotatable bonds is 3. The minimum atomic E-state index is -0.753. The summed E-state index contributed by atoms with van der Waals surface area (Å²) in [5.74, 6) is -0.494. The number of nitriles is 1. The molecule has 0 radical (unpaired) electrons. The van der Waals surface area contributed by atoms with Gasteiger partial charge in [0.25, 0.3) is 0 Å². The number of hydrogen-bond donors (Lipinski definition) is 2. The van der Waals surface area contributed by atoms with E-state index in [4.69, 9.17) is 11.6 Å². The SMILES string of the molecule is Cc1ccc(O)c(C(C#N)Nc2ccc(F)c(Cl)c2)c1. The number of nitrogens with zero attached hydrogens (tertiary/aromatic N) is 1. The van der Waals surface area contributed by atoms with Gasteiger partial charge >= 0.3 is 0 Å². The van der Waals surface area contributed by atoms with E-state index in [0.717, 1.165) is 5.56 Å². The Morgan fingerprint density at radius 2 is 2.05 bits per heavy atom. The van der Waals surface area contributed by atoms with Crippen LogP contribution in [0.3, 0.4) is 0 Å². The normalized spacial score (nSPS) is 11.7. The molecule has 1 unspecified atom stereocenters. The highest BCUT2D eigenvalue weighted by Crippen LogP contribution is 2.29. The number of aromatic hydroxyl groups is 1. The van der Waals surface area contributed by atoms with E-state index in [2.05, 4.69) is 11.4 Å². The lowest BCUT2D eigenvalue weighted by atomic mass is 10.0. The van der Waals surface area contributed by atoms with Crippen LogP contribution < -0.4 is 5.32 Å². The second-order valence-electron chi connectivity index (χ2n) is 4.40. The summed E-state index contributed by atoms with van der Waals surface area (Å²) < 4.78 is 13.1. The van der Waals surface area contributed by atoms with Gasteiger partial charge in [0, 0.05) is 11.3 Å². The number of phenols is 1. The Kier molecular flexibility index (Phi) is 4.11. The Labute approximate surface area is 121 Å². The molecule has 5 heteroatoms. The van der Waals surface area contributed by atoms with Crippen molar-refractivity contribution in [1.29, 1.82) is 5.26 Å². The van der Waals surface area contributed by atoms with Crippen molar-refractivity contribution >= 4 is 17.3 Å². The first kappa shape index (κ1) is 14.2. The van der Waals surface area contributed by atoms with Crippen LogP contribution in [0.25, 0.3) is 0 Å². The lowest BCUT2D eigenvalue weighted by Gasteiger charge is -2.15. The second-order valence-corrected chi connectivity index (χ2v) is 4.80. The first-order valence-corrected chi connectivity index (χ1v) is 6.30. The fourth-order valence-corrected chi connectivity index (χ4v) is 2.02. The van der Waals surface area contributed by atoms with Crippen molar-refractivity contribution in [2.75, 3.05) is 5.32 Å². The molecule has 0 saturated heterocycles. The molecule has 0 aliphatic rings. The predicted octanol–water partition coefficient (Wildman–Crippen LogP) is 4.17. The molecule has 3 nitrogen and oxygen atoms in total. The summed E-state index contributed by atoms with van der Waals surface area (Å²) in [6.45, 7) is 1.87. The van der Waals surface area contributed by atoms with E-state index in [1.165, 1.54) is 24.3 Å². The summed E-state index contributed by atoms with van der Waals surface area (Å²) in [5, 5.41) is 22.0. The van der Waals surface area contributed by atoms with Crippen LogP contribution in [0, 0.1) is 24.1 Å². The summed E-state index contributed by atoms with van der Waals surface area (Å²) in [6.07, 6.45) is 0. The molecule has 2 aromatic rings. The highest BCUT2D eigenvalue weighted by molar-refractivity contribution is 6.31. The molecule has 2 N–H and O–H groups in total. The zero-order valence-electron chi connectivity index (χ0n) is 10.7. The molecule has 0 spiro atoms. The Morgan fingerprint density at radius 3 is 2.70 bits per heavy atom. The maximum atomic E-state index is 13.1. The fraction of sp³-hybridized carbons (Fsp3) is 0.133. The number of aryl methyl sites for hydroxylation is 1. The van der Waals surface area contributed by atoms with Gasteiger partial charge in [-0.15, -0.1) is 0 Å². The minimum Gasteiger partial charge on any atom is -0.508 e. The smallest absolute Gasteiger partial charge is 0.143 e. The van der Waals surface area contributed by atoms with Gasteiger partial charge in [-0.05, 0) is 37.3 Å². The second kappa shape index (κ2) is 5.81. The molecule has 0 aliphatic carbocycles. The van der Waals surface area contributed by atoms with Crippen molar-refractivity contribution in [3.8, 4) is 11.8 Å². The van der Waals surface area contributed by atoms with Crippen LogP contribution in [0.15, 0.2) is 36.4 Å². The average molecular weight is 291 g/mol. The molecule has 2 aromatic carbocycles. The van der Waals surface area contributed by atoms with Crippen LogP contribution >= 0.6 is 11.6 Å². The van der Waals surface area contributed by atoms with Gasteiger partial charge in [0.2, 0.25) is 0 Å². The maximum Gasteiger partial charge on any atom is 0.143 e. The van der Waals surface area contributed by atoms with Crippen LogP contribution in [0.4, 0.5) is 10.1 Å². The molecular weight excluding hydrogens is 279 g/mol. The fourth-order valence-electron chi connectivity index (χ4n) is 1.84. The van der Waals surface area contributed by atoms with Gasteiger partial charge in [-0.25, -0.2) is 4.39 Å². The van der Waals surface area contributed by atoms with Gasteiger partial charge in [0.05, 0.1) is 11.1 Å². The van der Waals surface area contributed by atoms with Crippen LogP contribution in [0.2, 0.25) is 5.02 Å². The molecule has 0 amide bonds. The predicted molar refractivity (Wildman–Crippen MR) is 76.2 cm³/mol. The third kappa shape index (κ3) is 3.01. The molecule has 0 saturated carbocycles. The Bertz CT molecular complexity index is 682. The van der Waals surface area contributed by atoms with Crippen LogP contribution in [-0.2, 0) is 0 Å². The maximum absolute atomic E-state index is 13.1. The van der Waals surface area contributed by atoms with E-state index in [1.54, 1.807) is 12.1 Å². The summed E-state index contributed by atoms with van der Waals surface area (Å²) in [4.78, 5) is 0. The molecular formula is C15H12ClFN2O. The van der Waals surface area contributed by atoms with Gasteiger partial charge in [0.1, 0.15) is 17.6 Å². The monoisotopic (exact) mass is 290 g/mol. The molecule has 0 aromatic heterocycles. The van der Waals surface area contributed by atoms with E-state index in [1.807, 2.05) is 6.92 Å². The van der Waals surface area contributed by atoms with Crippen LogP contribution in [-0.4, -0.2) is 5.11 Å². The van der Waals surface area contributed by atoms with Crippen molar-refractivity contribution in [1.82, 2.24) is 0 Å². The molecule has 2 rings (SSSR count). The lowest BCUT2D eigenvalue weighted by Crippen LogP contribution is -2.09. The summed E-state index contributed by atoms with van der Waals surface area (Å²) in [5.41, 5.74) is 1.90. The van der Waals surface area contributed by atoms with Crippen molar-refractivity contribution in [2.24, 2.45) is 0 Å². The van der Waals surface area contributed by atoms with Crippen LogP contribution in [0.1, 0.15) is 17.2 Å². The van der Waals surface area contributed by atoms with E-state index >= 15 is 0 Å². The molecule has 0 bridgehead atoms. The number of benzene rings is 2. The third-order valence-corrected chi connectivity index (χ3v) is 3.14. The Morgan fingerprint density at radius 1 is 1.30 bits per heavy atom. The Balaban J connectivity index is 2.31. The van der Waals surface area contributed by atoms with Gasteiger partial charge in [-0.2, -0.15) is 5.26 Å². The molecule has 20 heavy (non-hydrogen) atoms. The number of nitrogens with one attached hydrogen (secondary N) is 1. The molecule has 1 atom stereocenters. The third-order valence-electron chi connectivity index (χ3n) is 2.85. The van der Waals surface area contributed by atoms with E-state index in [0.29, 0.717) is 11.3 Å². The largest absolute Gasteiger partial charge is 0.508 e. The quantitative estimate of drug-likeness (QED) is 0.892. The Hall–Kier alpha value is -2.25.